The second-order valence-electron chi connectivity index (χ2n) is 3.66. The Morgan fingerprint density at radius 3 is 2.53 bits per heavy atom. The largest absolute Gasteiger partial charge is 0.477 e. The Kier molecular flexibility index (Phi) is 5.04. The Morgan fingerprint density at radius 2 is 2.05 bits per heavy atom. The fraction of sp³-hybridized carbons (Fsp3) is 0.400. The minimum Gasteiger partial charge on any atom is -0.477 e. The van der Waals surface area contributed by atoms with Crippen LogP contribution in [0.1, 0.15) is 23.5 Å². The van der Waals surface area contributed by atoms with E-state index in [-0.39, 0.29) is 9.09 Å². The molecule has 1 unspecified atom stereocenters. The third kappa shape index (κ3) is 4.01. The lowest BCUT2D eigenvalue weighted by Gasteiger charge is -2.12. The standard InChI is InChI=1S/C10H14N2O5S2/c1-3-11-9(13)6(2)12-19(16,17)8-5-4-7(18-8)10(14)15/h4-6,12H,3H2,1-2H3,(H,11,13)(H,14,15). The van der Waals surface area contributed by atoms with E-state index in [4.69, 9.17) is 5.11 Å². The highest BCUT2D eigenvalue weighted by atomic mass is 32.2. The molecule has 1 atom stereocenters. The number of carbonyl (C=O) groups is 2. The maximum atomic E-state index is 11.9. The zero-order chi connectivity index (χ0) is 14.6. The quantitative estimate of drug-likeness (QED) is 0.697. The molecule has 0 saturated heterocycles. The molecule has 0 saturated carbocycles. The number of hydrogen-bond donors (Lipinski definition) is 3. The number of carbonyl (C=O) groups excluding carboxylic acids is 1. The minimum atomic E-state index is -3.89. The predicted molar refractivity (Wildman–Crippen MR) is 69.7 cm³/mol. The van der Waals surface area contributed by atoms with E-state index in [1.165, 1.54) is 19.1 Å². The van der Waals surface area contributed by atoms with E-state index in [2.05, 4.69) is 10.0 Å². The summed E-state index contributed by atoms with van der Waals surface area (Å²) in [6.07, 6.45) is 0. The van der Waals surface area contributed by atoms with E-state index in [0.29, 0.717) is 17.9 Å². The van der Waals surface area contributed by atoms with Crippen molar-refractivity contribution in [1.29, 1.82) is 0 Å². The first kappa shape index (κ1) is 15.6. The van der Waals surface area contributed by atoms with Crippen LogP contribution >= 0.6 is 11.3 Å². The summed E-state index contributed by atoms with van der Waals surface area (Å²) in [6, 6.07) is 1.47. The lowest BCUT2D eigenvalue weighted by molar-refractivity contribution is -0.122. The first-order valence-electron chi connectivity index (χ1n) is 5.41. The molecule has 1 aromatic heterocycles. The molecule has 0 aromatic carbocycles. The van der Waals surface area contributed by atoms with E-state index in [1.807, 2.05) is 0 Å². The van der Waals surface area contributed by atoms with Crippen molar-refractivity contribution < 1.29 is 23.1 Å². The molecule has 1 aromatic rings. The van der Waals surface area contributed by atoms with Crippen LogP contribution in [0.2, 0.25) is 0 Å². The van der Waals surface area contributed by atoms with Crippen molar-refractivity contribution in [2.45, 2.75) is 24.1 Å². The van der Waals surface area contributed by atoms with Gasteiger partial charge in [-0.25, -0.2) is 13.2 Å². The minimum absolute atomic E-state index is 0.0777. The molecule has 1 heterocycles. The van der Waals surface area contributed by atoms with E-state index in [1.54, 1.807) is 6.92 Å². The van der Waals surface area contributed by atoms with Crippen molar-refractivity contribution in [3.8, 4) is 0 Å². The Morgan fingerprint density at radius 1 is 1.42 bits per heavy atom. The van der Waals surface area contributed by atoms with Crippen molar-refractivity contribution in [3.63, 3.8) is 0 Å². The molecule has 0 aliphatic heterocycles. The summed E-state index contributed by atoms with van der Waals surface area (Å²) in [7, 11) is -3.89. The van der Waals surface area contributed by atoms with Gasteiger partial charge in [0.2, 0.25) is 5.91 Å². The van der Waals surface area contributed by atoms with Crippen LogP contribution in [0.15, 0.2) is 16.3 Å². The Bertz CT molecular complexity index is 578. The number of likely N-dealkylation sites (N-methyl/N-ethyl adjacent to an activating group) is 1. The van der Waals surface area contributed by atoms with Gasteiger partial charge >= 0.3 is 5.97 Å². The molecule has 0 aliphatic carbocycles. The van der Waals surface area contributed by atoms with Crippen LogP contribution in [-0.2, 0) is 14.8 Å². The molecule has 0 bridgehead atoms. The number of hydrogen-bond acceptors (Lipinski definition) is 5. The highest BCUT2D eigenvalue weighted by Crippen LogP contribution is 2.21. The van der Waals surface area contributed by atoms with Gasteiger partial charge in [0, 0.05) is 6.54 Å². The number of carboxylic acids is 1. The topological polar surface area (TPSA) is 113 Å². The first-order chi connectivity index (χ1) is 8.77. The van der Waals surface area contributed by atoms with Gasteiger partial charge in [-0.3, -0.25) is 4.79 Å². The van der Waals surface area contributed by atoms with Gasteiger partial charge in [0.25, 0.3) is 10.0 Å². The molecule has 1 amide bonds. The fourth-order valence-electron chi connectivity index (χ4n) is 1.25. The molecule has 3 N–H and O–H groups in total. The Hall–Kier alpha value is -1.45. The number of sulfonamides is 1. The Labute approximate surface area is 114 Å². The van der Waals surface area contributed by atoms with Crippen LogP contribution in [0.3, 0.4) is 0 Å². The number of thiophene rings is 1. The van der Waals surface area contributed by atoms with Crippen LogP contribution < -0.4 is 10.0 Å². The van der Waals surface area contributed by atoms with Crippen molar-refractivity contribution in [2.75, 3.05) is 6.54 Å². The van der Waals surface area contributed by atoms with Crippen molar-refractivity contribution in [1.82, 2.24) is 10.0 Å². The predicted octanol–water partition coefficient (Wildman–Crippen LogP) is 0.249. The Balaban J connectivity index is 2.86. The summed E-state index contributed by atoms with van der Waals surface area (Å²) in [6.45, 7) is 3.53. The summed E-state index contributed by atoms with van der Waals surface area (Å²) < 4.78 is 25.9. The van der Waals surface area contributed by atoms with Gasteiger partial charge in [0.05, 0.1) is 6.04 Å². The van der Waals surface area contributed by atoms with E-state index < -0.39 is 27.9 Å². The number of rotatable bonds is 6. The number of carboxylic acid groups (broad SMARTS) is 1. The summed E-state index contributed by atoms with van der Waals surface area (Å²) in [5, 5.41) is 11.2. The zero-order valence-corrected chi connectivity index (χ0v) is 12.0. The molecule has 0 fully saturated rings. The molecule has 19 heavy (non-hydrogen) atoms. The lowest BCUT2D eigenvalue weighted by Crippen LogP contribution is -2.44. The van der Waals surface area contributed by atoms with E-state index >= 15 is 0 Å². The molecular weight excluding hydrogens is 292 g/mol. The van der Waals surface area contributed by atoms with Gasteiger partial charge < -0.3 is 10.4 Å². The maximum Gasteiger partial charge on any atom is 0.345 e. The third-order valence-corrected chi connectivity index (χ3v) is 5.24. The van der Waals surface area contributed by atoms with Gasteiger partial charge in [0.1, 0.15) is 9.09 Å². The highest BCUT2D eigenvalue weighted by Gasteiger charge is 2.24. The van der Waals surface area contributed by atoms with E-state index in [9.17, 15) is 18.0 Å². The third-order valence-electron chi connectivity index (χ3n) is 2.13. The van der Waals surface area contributed by atoms with Crippen LogP contribution in [0, 0.1) is 0 Å². The molecule has 0 radical (unpaired) electrons. The van der Waals surface area contributed by atoms with Gasteiger partial charge in [-0.2, -0.15) is 4.72 Å². The maximum absolute atomic E-state index is 11.9. The molecule has 9 heteroatoms. The average molecular weight is 306 g/mol. The fourth-order valence-corrected chi connectivity index (χ4v) is 3.62. The van der Waals surface area contributed by atoms with Crippen LogP contribution in [0.4, 0.5) is 0 Å². The van der Waals surface area contributed by atoms with Gasteiger partial charge in [-0.15, -0.1) is 11.3 Å². The molecule has 0 spiro atoms. The monoisotopic (exact) mass is 306 g/mol. The smallest absolute Gasteiger partial charge is 0.345 e. The highest BCUT2D eigenvalue weighted by molar-refractivity contribution is 7.91. The molecule has 7 nitrogen and oxygen atoms in total. The summed E-state index contributed by atoms with van der Waals surface area (Å²) in [5.41, 5.74) is 0. The SMILES string of the molecule is CCNC(=O)C(C)NS(=O)(=O)c1ccc(C(=O)O)s1. The van der Waals surface area contributed by atoms with Crippen LogP contribution in [-0.4, -0.2) is 38.0 Å². The second kappa shape index (κ2) is 6.13. The average Bonchev–Trinajstić information content (AvgIpc) is 2.78. The van der Waals surface area contributed by atoms with Crippen molar-refractivity contribution >= 4 is 33.2 Å². The molecule has 0 aliphatic rings. The number of aromatic carboxylic acids is 1. The summed E-state index contributed by atoms with van der Waals surface area (Å²) in [4.78, 5) is 22.0. The van der Waals surface area contributed by atoms with Crippen molar-refractivity contribution in [3.05, 3.63) is 17.0 Å². The van der Waals surface area contributed by atoms with Crippen LogP contribution in [0.25, 0.3) is 0 Å². The van der Waals surface area contributed by atoms with Gasteiger partial charge in [0.15, 0.2) is 0 Å². The number of nitrogens with one attached hydrogen (secondary N) is 2. The van der Waals surface area contributed by atoms with E-state index in [0.717, 1.165) is 0 Å². The van der Waals surface area contributed by atoms with Crippen molar-refractivity contribution in [2.24, 2.45) is 0 Å². The molecular formula is C10H14N2O5S2. The molecule has 106 valence electrons. The first-order valence-corrected chi connectivity index (χ1v) is 7.71. The summed E-state index contributed by atoms with van der Waals surface area (Å²) in [5.74, 6) is -1.63. The number of amides is 1. The second-order valence-corrected chi connectivity index (χ2v) is 6.69. The normalized spacial score (nSPS) is 12.9. The lowest BCUT2D eigenvalue weighted by atomic mass is 10.3. The molecule has 1 rings (SSSR count). The van der Waals surface area contributed by atoms with Gasteiger partial charge in [-0.05, 0) is 26.0 Å². The summed E-state index contributed by atoms with van der Waals surface area (Å²) >= 11 is 0.633. The van der Waals surface area contributed by atoms with Crippen LogP contribution in [0.5, 0.6) is 0 Å². The van der Waals surface area contributed by atoms with Gasteiger partial charge in [-0.1, -0.05) is 0 Å². The zero-order valence-electron chi connectivity index (χ0n) is 10.3.